The van der Waals surface area contributed by atoms with Gasteiger partial charge in [0.25, 0.3) is 0 Å². The van der Waals surface area contributed by atoms with E-state index in [0.717, 1.165) is 5.69 Å². The van der Waals surface area contributed by atoms with Gasteiger partial charge in [-0.3, -0.25) is 0 Å². The Balaban J connectivity index is 2.82. The number of nitrogens with zero attached hydrogens (tertiary/aromatic N) is 2. The van der Waals surface area contributed by atoms with Gasteiger partial charge in [0, 0.05) is 16.8 Å². The van der Waals surface area contributed by atoms with E-state index in [9.17, 15) is 0 Å². The molecule has 0 amide bonds. The quantitative estimate of drug-likeness (QED) is 0.780. The molecule has 2 unspecified atom stereocenters. The van der Waals surface area contributed by atoms with Crippen molar-refractivity contribution < 1.29 is 4.74 Å². The molecule has 78 valence electrons. The Morgan fingerprint density at radius 3 is 2.71 bits per heavy atom. The van der Waals surface area contributed by atoms with Crippen LogP contribution in [0, 0.1) is 0 Å². The van der Waals surface area contributed by atoms with Crippen LogP contribution in [0.4, 0.5) is 0 Å². The van der Waals surface area contributed by atoms with Crippen molar-refractivity contribution >= 4 is 15.9 Å². The maximum atomic E-state index is 5.31. The zero-order chi connectivity index (χ0) is 10.6. The Hall–Kier alpha value is -0.640. The lowest BCUT2D eigenvalue weighted by Gasteiger charge is -2.13. The van der Waals surface area contributed by atoms with Crippen molar-refractivity contribution in [3.8, 4) is 5.88 Å². The molecular formula is C10H15BrN2O. The highest BCUT2D eigenvalue weighted by Gasteiger charge is 2.13. The van der Waals surface area contributed by atoms with E-state index < -0.39 is 0 Å². The highest BCUT2D eigenvalue weighted by atomic mass is 79.9. The van der Waals surface area contributed by atoms with E-state index in [1.165, 1.54) is 0 Å². The molecule has 2 atom stereocenters. The van der Waals surface area contributed by atoms with Gasteiger partial charge in [0.2, 0.25) is 5.88 Å². The summed E-state index contributed by atoms with van der Waals surface area (Å²) in [6, 6.07) is 1.89. The fraction of sp³-hybridized carbons (Fsp3) is 0.600. The number of hydrogen-bond acceptors (Lipinski definition) is 3. The third-order valence-corrected chi connectivity index (χ3v) is 2.90. The van der Waals surface area contributed by atoms with Gasteiger partial charge in [-0.15, -0.1) is 0 Å². The first-order valence-corrected chi connectivity index (χ1v) is 5.65. The zero-order valence-electron chi connectivity index (χ0n) is 8.70. The summed E-state index contributed by atoms with van der Waals surface area (Å²) < 4.78 is 5.31. The van der Waals surface area contributed by atoms with Crippen molar-refractivity contribution in [2.24, 2.45) is 0 Å². The van der Waals surface area contributed by atoms with E-state index in [1.807, 2.05) is 13.0 Å². The van der Waals surface area contributed by atoms with Gasteiger partial charge in [-0.25, -0.2) is 9.97 Å². The summed E-state index contributed by atoms with van der Waals surface area (Å²) in [5.74, 6) is 1.01. The maximum Gasteiger partial charge on any atom is 0.216 e. The largest absolute Gasteiger partial charge is 0.478 e. The molecule has 3 nitrogen and oxygen atoms in total. The Kier molecular flexibility index (Phi) is 4.32. The predicted octanol–water partition coefficient (Wildman–Crippen LogP) is 2.76. The lowest BCUT2D eigenvalue weighted by molar-refractivity contribution is 0.325. The molecule has 0 bridgehead atoms. The molecule has 0 aliphatic heterocycles. The van der Waals surface area contributed by atoms with Gasteiger partial charge in [-0.1, -0.05) is 29.8 Å². The van der Waals surface area contributed by atoms with E-state index >= 15 is 0 Å². The monoisotopic (exact) mass is 258 g/mol. The van der Waals surface area contributed by atoms with Gasteiger partial charge < -0.3 is 4.74 Å². The average molecular weight is 259 g/mol. The van der Waals surface area contributed by atoms with Gasteiger partial charge in [-0.2, -0.15) is 0 Å². The average Bonchev–Trinajstić information content (AvgIpc) is 2.17. The van der Waals surface area contributed by atoms with Gasteiger partial charge in [0.05, 0.1) is 12.3 Å². The number of hydrogen-bond donors (Lipinski definition) is 0. The van der Waals surface area contributed by atoms with E-state index in [0.29, 0.717) is 23.2 Å². The number of aromatic nitrogens is 2. The van der Waals surface area contributed by atoms with Crippen LogP contribution < -0.4 is 4.74 Å². The number of alkyl halides is 1. The zero-order valence-corrected chi connectivity index (χ0v) is 10.3. The summed E-state index contributed by atoms with van der Waals surface area (Å²) in [6.45, 7) is 6.80. The molecule has 1 heterocycles. The summed E-state index contributed by atoms with van der Waals surface area (Å²) in [7, 11) is 0. The minimum atomic E-state index is 0.359. The van der Waals surface area contributed by atoms with E-state index in [-0.39, 0.29) is 0 Å². The second kappa shape index (κ2) is 5.29. The first kappa shape index (κ1) is 11.4. The summed E-state index contributed by atoms with van der Waals surface area (Å²) in [6.07, 6.45) is 1.55. The summed E-state index contributed by atoms with van der Waals surface area (Å²) in [5.41, 5.74) is 1.01. The van der Waals surface area contributed by atoms with Crippen molar-refractivity contribution in [3.05, 3.63) is 18.1 Å². The smallest absolute Gasteiger partial charge is 0.216 e. The van der Waals surface area contributed by atoms with Crippen LogP contribution in [0.3, 0.4) is 0 Å². The first-order valence-electron chi connectivity index (χ1n) is 4.74. The minimum absolute atomic E-state index is 0.359. The molecule has 0 spiro atoms. The lowest BCUT2D eigenvalue weighted by Crippen LogP contribution is -2.07. The Bertz CT molecular complexity index is 291. The topological polar surface area (TPSA) is 35.0 Å². The Morgan fingerprint density at radius 1 is 1.43 bits per heavy atom. The Labute approximate surface area is 93.0 Å². The van der Waals surface area contributed by atoms with Gasteiger partial charge >= 0.3 is 0 Å². The fourth-order valence-electron chi connectivity index (χ4n) is 1.06. The van der Waals surface area contributed by atoms with Crippen molar-refractivity contribution in [3.63, 3.8) is 0 Å². The van der Waals surface area contributed by atoms with Gasteiger partial charge in [-0.05, 0) is 6.92 Å². The van der Waals surface area contributed by atoms with E-state index in [4.69, 9.17) is 4.74 Å². The molecule has 0 saturated heterocycles. The molecule has 0 radical (unpaired) electrons. The van der Waals surface area contributed by atoms with Crippen LogP contribution in [0.25, 0.3) is 0 Å². The van der Waals surface area contributed by atoms with Crippen molar-refractivity contribution in [1.29, 1.82) is 0 Å². The third kappa shape index (κ3) is 2.94. The summed E-state index contributed by atoms with van der Waals surface area (Å²) in [5, 5.41) is 0. The molecule has 0 fully saturated rings. The van der Waals surface area contributed by atoms with Gasteiger partial charge in [0.1, 0.15) is 6.33 Å². The highest BCUT2D eigenvalue weighted by molar-refractivity contribution is 9.09. The molecule has 0 aliphatic rings. The van der Waals surface area contributed by atoms with Crippen LogP contribution in [0.5, 0.6) is 5.88 Å². The van der Waals surface area contributed by atoms with Crippen LogP contribution in [0.15, 0.2) is 12.4 Å². The van der Waals surface area contributed by atoms with Crippen LogP contribution in [-0.2, 0) is 0 Å². The summed E-state index contributed by atoms with van der Waals surface area (Å²) in [4.78, 5) is 8.64. The van der Waals surface area contributed by atoms with Crippen LogP contribution >= 0.6 is 15.9 Å². The molecule has 1 aromatic heterocycles. The first-order chi connectivity index (χ1) is 6.65. The fourth-order valence-corrected chi connectivity index (χ4v) is 1.34. The van der Waals surface area contributed by atoms with Crippen LogP contribution in [-0.4, -0.2) is 21.4 Å². The number of rotatable bonds is 4. The highest BCUT2D eigenvalue weighted by Crippen LogP contribution is 2.23. The van der Waals surface area contributed by atoms with Crippen LogP contribution in [0.2, 0.25) is 0 Å². The molecule has 1 rings (SSSR count). The standard InChI is InChI=1S/C10H15BrN2O/c1-4-14-10-5-9(12-6-13-10)7(2)8(3)11/h5-8H,4H2,1-3H3. The molecule has 1 aromatic rings. The third-order valence-electron chi connectivity index (χ3n) is 2.11. The molecule has 4 heteroatoms. The molecule has 14 heavy (non-hydrogen) atoms. The van der Waals surface area contributed by atoms with E-state index in [1.54, 1.807) is 6.33 Å². The number of halogens is 1. The number of ether oxygens (including phenoxy) is 1. The maximum absolute atomic E-state index is 5.31. The van der Waals surface area contributed by atoms with Crippen LogP contribution in [0.1, 0.15) is 32.4 Å². The molecule has 0 aliphatic carbocycles. The normalized spacial score (nSPS) is 14.9. The lowest BCUT2D eigenvalue weighted by atomic mass is 10.1. The molecule has 0 aromatic carbocycles. The molecule has 0 saturated carbocycles. The van der Waals surface area contributed by atoms with Crippen molar-refractivity contribution in [1.82, 2.24) is 9.97 Å². The van der Waals surface area contributed by atoms with E-state index in [2.05, 4.69) is 39.7 Å². The van der Waals surface area contributed by atoms with Gasteiger partial charge in [0.15, 0.2) is 0 Å². The SMILES string of the molecule is CCOc1cc(C(C)C(C)Br)ncn1. The molecule has 0 N–H and O–H groups in total. The summed E-state index contributed by atoms with van der Waals surface area (Å²) >= 11 is 3.54. The second-order valence-corrected chi connectivity index (χ2v) is 4.62. The Morgan fingerprint density at radius 2 is 2.14 bits per heavy atom. The van der Waals surface area contributed by atoms with Crippen molar-refractivity contribution in [2.75, 3.05) is 6.61 Å². The minimum Gasteiger partial charge on any atom is -0.478 e. The molecular weight excluding hydrogens is 244 g/mol. The predicted molar refractivity (Wildman–Crippen MR) is 60.0 cm³/mol. The van der Waals surface area contributed by atoms with Crippen molar-refractivity contribution in [2.45, 2.75) is 31.5 Å². The second-order valence-electron chi connectivity index (χ2n) is 3.18.